The number of benzene rings is 2. The third-order valence-electron chi connectivity index (χ3n) is 4.64. The van der Waals surface area contributed by atoms with Gasteiger partial charge in [0, 0.05) is 24.1 Å². The zero-order valence-electron chi connectivity index (χ0n) is 16.1. The summed E-state index contributed by atoms with van der Waals surface area (Å²) in [6.07, 6.45) is 2.67. The van der Waals surface area contributed by atoms with Crippen molar-refractivity contribution in [3.8, 4) is 5.75 Å². The minimum Gasteiger partial charge on any atom is -0.491 e. The van der Waals surface area contributed by atoms with Crippen LogP contribution in [0.3, 0.4) is 0 Å². The third kappa shape index (κ3) is 3.83. The first-order valence-corrected chi connectivity index (χ1v) is 9.50. The molecule has 142 valence electrons. The van der Waals surface area contributed by atoms with Gasteiger partial charge in [-0.15, -0.1) is 0 Å². The van der Waals surface area contributed by atoms with Crippen LogP contribution in [-0.4, -0.2) is 23.5 Å². The lowest BCUT2D eigenvalue weighted by Crippen LogP contribution is -2.28. The van der Waals surface area contributed by atoms with Crippen molar-refractivity contribution in [2.45, 2.75) is 26.4 Å². The normalized spacial score (nSPS) is 12.8. The number of anilines is 3. The molecule has 1 aromatic heterocycles. The van der Waals surface area contributed by atoms with E-state index in [1.54, 1.807) is 6.20 Å². The Balaban J connectivity index is 1.43. The molecule has 0 fully saturated rings. The second-order valence-corrected chi connectivity index (χ2v) is 7.08. The first kappa shape index (κ1) is 18.0. The van der Waals surface area contributed by atoms with Gasteiger partial charge in [0.2, 0.25) is 0 Å². The summed E-state index contributed by atoms with van der Waals surface area (Å²) in [5, 5.41) is 3.24. The van der Waals surface area contributed by atoms with Crippen molar-refractivity contribution in [3.05, 3.63) is 78.0 Å². The van der Waals surface area contributed by atoms with Crippen LogP contribution in [0.1, 0.15) is 29.8 Å². The highest BCUT2D eigenvalue weighted by Crippen LogP contribution is 2.29. The number of carbonyl (C=O) groups excluding carboxylic acids is 1. The Morgan fingerprint density at radius 1 is 1.07 bits per heavy atom. The first-order valence-electron chi connectivity index (χ1n) is 9.50. The van der Waals surface area contributed by atoms with E-state index in [0.29, 0.717) is 17.9 Å². The van der Waals surface area contributed by atoms with Crippen molar-refractivity contribution in [1.82, 2.24) is 4.98 Å². The van der Waals surface area contributed by atoms with Gasteiger partial charge in [-0.2, -0.15) is 0 Å². The Hall–Kier alpha value is -3.34. The molecule has 2 aromatic carbocycles. The number of pyridine rings is 1. The standard InChI is InChI=1S/C23H23N3O2/c1-16(2)28-20-10-8-19(9-11-20)25-22-12-7-18(15-24-22)23(27)26-14-13-17-5-3-4-6-21(17)26/h3-12,15-16H,13-14H2,1-2H3,(H,24,25). The first-order chi connectivity index (χ1) is 13.6. The fourth-order valence-corrected chi connectivity index (χ4v) is 3.34. The van der Waals surface area contributed by atoms with Gasteiger partial charge in [0.25, 0.3) is 5.91 Å². The summed E-state index contributed by atoms with van der Waals surface area (Å²) in [6.45, 7) is 4.71. The zero-order valence-corrected chi connectivity index (χ0v) is 16.1. The number of hydrogen-bond donors (Lipinski definition) is 1. The minimum absolute atomic E-state index is 0.0146. The Morgan fingerprint density at radius 3 is 2.57 bits per heavy atom. The molecule has 2 heterocycles. The van der Waals surface area contributed by atoms with Gasteiger partial charge < -0.3 is 15.0 Å². The summed E-state index contributed by atoms with van der Waals surface area (Å²) in [5.41, 5.74) is 3.71. The van der Waals surface area contributed by atoms with E-state index in [1.807, 2.05) is 73.3 Å². The molecular formula is C23H23N3O2. The van der Waals surface area contributed by atoms with Crippen LogP contribution in [0, 0.1) is 0 Å². The van der Waals surface area contributed by atoms with Crippen LogP contribution in [0.2, 0.25) is 0 Å². The quantitative estimate of drug-likeness (QED) is 0.697. The predicted molar refractivity (Wildman–Crippen MR) is 112 cm³/mol. The van der Waals surface area contributed by atoms with Crippen molar-refractivity contribution in [2.24, 2.45) is 0 Å². The average molecular weight is 373 g/mol. The van der Waals surface area contributed by atoms with Crippen molar-refractivity contribution >= 4 is 23.1 Å². The van der Waals surface area contributed by atoms with Gasteiger partial charge in [-0.1, -0.05) is 18.2 Å². The highest BCUT2D eigenvalue weighted by molar-refractivity contribution is 6.07. The molecule has 1 N–H and O–H groups in total. The van der Waals surface area contributed by atoms with E-state index in [-0.39, 0.29) is 12.0 Å². The molecular weight excluding hydrogens is 350 g/mol. The number of fused-ring (bicyclic) bond motifs is 1. The number of para-hydroxylation sites is 1. The molecule has 0 bridgehead atoms. The SMILES string of the molecule is CC(C)Oc1ccc(Nc2ccc(C(=O)N3CCc4ccccc43)cn2)cc1. The van der Waals surface area contributed by atoms with E-state index in [0.717, 1.165) is 23.5 Å². The molecule has 0 aliphatic carbocycles. The molecule has 1 aliphatic heterocycles. The van der Waals surface area contributed by atoms with E-state index in [1.165, 1.54) is 5.56 Å². The Morgan fingerprint density at radius 2 is 1.86 bits per heavy atom. The van der Waals surface area contributed by atoms with Crippen LogP contribution in [-0.2, 0) is 6.42 Å². The van der Waals surface area contributed by atoms with Crippen molar-refractivity contribution in [3.63, 3.8) is 0 Å². The molecule has 4 rings (SSSR count). The molecule has 1 aliphatic rings. The molecule has 5 heteroatoms. The van der Waals surface area contributed by atoms with Crippen LogP contribution >= 0.6 is 0 Å². The molecule has 1 amide bonds. The largest absolute Gasteiger partial charge is 0.491 e. The maximum atomic E-state index is 12.9. The van der Waals surface area contributed by atoms with Gasteiger partial charge in [0.05, 0.1) is 11.7 Å². The van der Waals surface area contributed by atoms with E-state index in [4.69, 9.17) is 4.74 Å². The number of hydrogen-bond acceptors (Lipinski definition) is 4. The molecule has 0 spiro atoms. The Labute approximate surface area is 165 Å². The number of amides is 1. The highest BCUT2D eigenvalue weighted by atomic mass is 16.5. The number of ether oxygens (including phenoxy) is 1. The number of nitrogens with one attached hydrogen (secondary N) is 1. The summed E-state index contributed by atoms with van der Waals surface area (Å²) in [4.78, 5) is 19.1. The summed E-state index contributed by atoms with van der Waals surface area (Å²) in [7, 11) is 0. The van der Waals surface area contributed by atoms with Crippen LogP contribution < -0.4 is 15.0 Å². The number of rotatable bonds is 5. The lowest BCUT2D eigenvalue weighted by atomic mass is 10.2. The van der Waals surface area contributed by atoms with Crippen LogP contribution in [0.15, 0.2) is 66.9 Å². The van der Waals surface area contributed by atoms with Gasteiger partial charge in [0.15, 0.2) is 0 Å². The summed E-state index contributed by atoms with van der Waals surface area (Å²) in [5.74, 6) is 1.51. The smallest absolute Gasteiger partial charge is 0.259 e. The molecule has 3 aromatic rings. The van der Waals surface area contributed by atoms with Gasteiger partial charge in [-0.3, -0.25) is 4.79 Å². The second-order valence-electron chi connectivity index (χ2n) is 7.08. The highest BCUT2D eigenvalue weighted by Gasteiger charge is 2.25. The van der Waals surface area contributed by atoms with Gasteiger partial charge in [-0.25, -0.2) is 4.98 Å². The van der Waals surface area contributed by atoms with Crippen LogP contribution in [0.4, 0.5) is 17.2 Å². The van der Waals surface area contributed by atoms with Crippen molar-refractivity contribution in [1.29, 1.82) is 0 Å². The fraction of sp³-hybridized carbons (Fsp3) is 0.217. The predicted octanol–water partition coefficient (Wildman–Crippen LogP) is 4.82. The Bertz CT molecular complexity index is 966. The second kappa shape index (κ2) is 7.72. The molecule has 5 nitrogen and oxygen atoms in total. The van der Waals surface area contributed by atoms with Gasteiger partial charge in [0.1, 0.15) is 11.6 Å². The monoisotopic (exact) mass is 373 g/mol. The number of carbonyl (C=O) groups is 1. The Kier molecular flexibility index (Phi) is 4.98. The molecule has 0 saturated heterocycles. The molecule has 0 saturated carbocycles. The maximum Gasteiger partial charge on any atom is 0.259 e. The average Bonchev–Trinajstić information content (AvgIpc) is 3.13. The van der Waals surface area contributed by atoms with E-state index >= 15 is 0 Å². The zero-order chi connectivity index (χ0) is 19.5. The summed E-state index contributed by atoms with van der Waals surface area (Å²) >= 11 is 0. The van der Waals surface area contributed by atoms with Crippen LogP contribution in [0.5, 0.6) is 5.75 Å². The summed E-state index contributed by atoms with van der Waals surface area (Å²) < 4.78 is 5.65. The van der Waals surface area contributed by atoms with Gasteiger partial charge >= 0.3 is 0 Å². The fourth-order valence-electron chi connectivity index (χ4n) is 3.34. The van der Waals surface area contributed by atoms with E-state index in [9.17, 15) is 4.79 Å². The van der Waals surface area contributed by atoms with Gasteiger partial charge in [-0.05, 0) is 68.3 Å². The van der Waals surface area contributed by atoms with Crippen molar-refractivity contribution in [2.75, 3.05) is 16.8 Å². The molecule has 0 radical (unpaired) electrons. The molecule has 0 atom stereocenters. The molecule has 28 heavy (non-hydrogen) atoms. The number of aromatic nitrogens is 1. The molecule has 0 unspecified atom stereocenters. The van der Waals surface area contributed by atoms with E-state index in [2.05, 4.69) is 16.4 Å². The van der Waals surface area contributed by atoms with Crippen molar-refractivity contribution < 1.29 is 9.53 Å². The summed E-state index contributed by atoms with van der Waals surface area (Å²) in [6, 6.07) is 19.4. The third-order valence-corrected chi connectivity index (χ3v) is 4.64. The van der Waals surface area contributed by atoms with E-state index < -0.39 is 0 Å². The lowest BCUT2D eigenvalue weighted by molar-refractivity contribution is 0.0989. The van der Waals surface area contributed by atoms with Crippen LogP contribution in [0.25, 0.3) is 0 Å². The topological polar surface area (TPSA) is 54.5 Å². The number of nitrogens with zero attached hydrogens (tertiary/aromatic N) is 2. The maximum absolute atomic E-state index is 12.9. The lowest BCUT2D eigenvalue weighted by Gasteiger charge is -2.17. The minimum atomic E-state index is -0.0146.